The highest BCUT2D eigenvalue weighted by atomic mass is 79.9. The van der Waals surface area contributed by atoms with Crippen LogP contribution in [0.5, 0.6) is 0 Å². The van der Waals surface area contributed by atoms with E-state index in [4.69, 9.17) is 0 Å². The van der Waals surface area contributed by atoms with Gasteiger partial charge in [-0.05, 0) is 52.6 Å². The van der Waals surface area contributed by atoms with Gasteiger partial charge in [0.15, 0.2) is 0 Å². The molecule has 0 unspecified atom stereocenters. The lowest BCUT2D eigenvalue weighted by Gasteiger charge is -2.00. The Labute approximate surface area is 83.2 Å². The topological polar surface area (TPSA) is 3.24 Å². The van der Waals surface area contributed by atoms with Crippen molar-refractivity contribution in [3.8, 4) is 0 Å². The normalized spacial score (nSPS) is 16.6. The minimum atomic E-state index is -0.176. The summed E-state index contributed by atoms with van der Waals surface area (Å²) in [5.41, 5.74) is 1.07. The van der Waals surface area contributed by atoms with Gasteiger partial charge in [0.2, 0.25) is 0 Å². The highest BCUT2D eigenvalue weighted by Crippen LogP contribution is 2.37. The fraction of sp³-hybridized carbons (Fsp3) is 0.250. The van der Waals surface area contributed by atoms with Crippen LogP contribution >= 0.6 is 27.9 Å². The Kier molecular flexibility index (Phi) is 2.14. The fourth-order valence-corrected chi connectivity index (χ4v) is 2.66. The van der Waals surface area contributed by atoms with Crippen molar-refractivity contribution in [3.63, 3.8) is 0 Å². The maximum absolute atomic E-state index is 13.0. The molecule has 4 heteroatoms. The van der Waals surface area contributed by atoms with Gasteiger partial charge in [-0.25, -0.2) is 8.70 Å². The van der Waals surface area contributed by atoms with E-state index < -0.39 is 0 Å². The van der Waals surface area contributed by atoms with E-state index in [0.29, 0.717) is 4.47 Å². The largest absolute Gasteiger partial charge is 0.245 e. The molecule has 0 spiro atoms. The van der Waals surface area contributed by atoms with E-state index in [-0.39, 0.29) is 5.82 Å². The van der Waals surface area contributed by atoms with Gasteiger partial charge in [-0.3, -0.25) is 0 Å². The van der Waals surface area contributed by atoms with E-state index >= 15 is 0 Å². The van der Waals surface area contributed by atoms with Crippen LogP contribution in [0.15, 0.2) is 21.5 Å². The molecule has 1 aromatic carbocycles. The molecule has 0 fully saturated rings. The van der Waals surface area contributed by atoms with Gasteiger partial charge in [-0.2, -0.15) is 0 Å². The highest BCUT2D eigenvalue weighted by Gasteiger charge is 2.18. The third-order valence-electron chi connectivity index (χ3n) is 1.75. The molecule has 1 heterocycles. The maximum atomic E-state index is 13.0. The van der Waals surface area contributed by atoms with E-state index in [9.17, 15) is 4.39 Å². The van der Waals surface area contributed by atoms with Gasteiger partial charge < -0.3 is 0 Å². The van der Waals surface area contributed by atoms with Crippen molar-refractivity contribution < 1.29 is 4.39 Å². The molecule has 0 atom stereocenters. The Morgan fingerprint density at radius 2 is 2.33 bits per heavy atom. The summed E-state index contributed by atoms with van der Waals surface area (Å²) < 4.78 is 15.7. The Morgan fingerprint density at radius 3 is 3.08 bits per heavy atom. The molecule has 0 amide bonds. The van der Waals surface area contributed by atoms with Crippen molar-refractivity contribution >= 4 is 27.9 Å². The van der Waals surface area contributed by atoms with Crippen molar-refractivity contribution in [3.05, 3.63) is 28.0 Å². The molecule has 0 bridgehead atoms. The van der Waals surface area contributed by atoms with Crippen molar-refractivity contribution in [1.82, 2.24) is 4.31 Å². The van der Waals surface area contributed by atoms with Crippen molar-refractivity contribution in [2.45, 2.75) is 11.4 Å². The monoisotopic (exact) mass is 247 g/mol. The average molecular weight is 248 g/mol. The van der Waals surface area contributed by atoms with E-state index in [2.05, 4.69) is 20.2 Å². The minimum Gasteiger partial charge on any atom is -0.245 e. The molecule has 1 aliphatic heterocycles. The first-order chi connectivity index (χ1) is 5.66. The van der Waals surface area contributed by atoms with Crippen molar-refractivity contribution in [1.29, 1.82) is 0 Å². The lowest BCUT2D eigenvalue weighted by atomic mass is 10.2. The van der Waals surface area contributed by atoms with Gasteiger partial charge in [0.05, 0.1) is 4.47 Å². The summed E-state index contributed by atoms with van der Waals surface area (Å²) in [6.45, 7) is 0.824. The molecule has 12 heavy (non-hydrogen) atoms. The van der Waals surface area contributed by atoms with Gasteiger partial charge in [0.1, 0.15) is 5.82 Å². The molecule has 0 aliphatic carbocycles. The summed E-state index contributed by atoms with van der Waals surface area (Å²) in [6, 6.07) is 3.43. The van der Waals surface area contributed by atoms with Crippen molar-refractivity contribution in [2.75, 3.05) is 7.05 Å². The number of hydrogen-bond donors (Lipinski definition) is 0. The van der Waals surface area contributed by atoms with E-state index in [1.807, 2.05) is 13.1 Å². The molecule has 0 N–H and O–H groups in total. The molecule has 0 saturated carbocycles. The predicted octanol–water partition coefficient (Wildman–Crippen LogP) is 3.04. The molecule has 1 nitrogen and oxygen atoms in total. The van der Waals surface area contributed by atoms with Crippen LogP contribution in [0.2, 0.25) is 0 Å². The first-order valence-electron chi connectivity index (χ1n) is 3.54. The summed E-state index contributed by atoms with van der Waals surface area (Å²) in [4.78, 5) is 1.14. The van der Waals surface area contributed by atoms with Crippen LogP contribution in [-0.4, -0.2) is 11.4 Å². The fourth-order valence-electron chi connectivity index (χ4n) is 1.22. The standard InChI is InChI=1S/C8H7BrFNS/c1-11-4-5-2-7(10)6(9)3-8(5)12-11/h2-3H,4H2,1H3. The maximum Gasteiger partial charge on any atom is 0.137 e. The molecular formula is C8H7BrFNS. The summed E-state index contributed by atoms with van der Waals surface area (Å²) in [7, 11) is 2.00. The van der Waals surface area contributed by atoms with Gasteiger partial charge in [-0.15, -0.1) is 0 Å². The lowest BCUT2D eigenvalue weighted by Crippen LogP contribution is -1.99. The van der Waals surface area contributed by atoms with Crippen molar-refractivity contribution in [2.24, 2.45) is 0 Å². The Morgan fingerprint density at radius 1 is 1.58 bits per heavy atom. The quantitative estimate of drug-likeness (QED) is 0.649. The number of nitrogens with zero attached hydrogens (tertiary/aromatic N) is 1. The van der Waals surface area contributed by atoms with E-state index in [0.717, 1.165) is 17.0 Å². The highest BCUT2D eigenvalue weighted by molar-refractivity contribution is 9.10. The predicted molar refractivity (Wildman–Crippen MR) is 51.4 cm³/mol. The Bertz CT molecular complexity index is 298. The molecule has 1 aliphatic rings. The zero-order valence-electron chi connectivity index (χ0n) is 6.47. The summed E-state index contributed by atoms with van der Waals surface area (Å²) >= 11 is 4.81. The molecule has 2 rings (SSSR count). The molecule has 1 aromatic rings. The smallest absolute Gasteiger partial charge is 0.137 e. The zero-order valence-corrected chi connectivity index (χ0v) is 8.88. The number of benzene rings is 1. The first-order valence-corrected chi connectivity index (χ1v) is 5.10. The van der Waals surface area contributed by atoms with Crippen LogP contribution in [0, 0.1) is 5.82 Å². The first kappa shape index (κ1) is 8.53. The van der Waals surface area contributed by atoms with Crippen LogP contribution in [-0.2, 0) is 6.54 Å². The third kappa shape index (κ3) is 1.39. The zero-order chi connectivity index (χ0) is 8.72. The molecule has 64 valence electrons. The van der Waals surface area contributed by atoms with Crippen LogP contribution < -0.4 is 0 Å². The number of halogens is 2. The molecule has 0 aromatic heterocycles. The van der Waals surface area contributed by atoms with Crippen LogP contribution in [0.1, 0.15) is 5.56 Å². The molecule has 0 saturated heterocycles. The summed E-state index contributed by atoms with van der Waals surface area (Å²) in [5.74, 6) is -0.176. The second-order valence-corrected chi connectivity index (χ2v) is 4.85. The van der Waals surface area contributed by atoms with Gasteiger partial charge >= 0.3 is 0 Å². The summed E-state index contributed by atoms with van der Waals surface area (Å²) in [5, 5.41) is 0. The molecular weight excluding hydrogens is 241 g/mol. The van der Waals surface area contributed by atoms with Gasteiger partial charge in [0, 0.05) is 11.4 Å². The lowest BCUT2D eigenvalue weighted by molar-refractivity contribution is 0.572. The number of hydrogen-bond acceptors (Lipinski definition) is 2. The third-order valence-corrected chi connectivity index (χ3v) is 3.38. The Hall–Kier alpha value is -0.0600. The van der Waals surface area contributed by atoms with Gasteiger partial charge in [-0.1, -0.05) is 0 Å². The van der Waals surface area contributed by atoms with E-state index in [1.165, 1.54) is 0 Å². The van der Waals surface area contributed by atoms with E-state index in [1.54, 1.807) is 18.0 Å². The number of rotatable bonds is 0. The Balaban J connectivity index is 2.48. The van der Waals surface area contributed by atoms with Crippen LogP contribution in [0.3, 0.4) is 0 Å². The summed E-state index contributed by atoms with van der Waals surface area (Å²) in [6.07, 6.45) is 0. The number of fused-ring (bicyclic) bond motifs is 1. The molecule has 0 radical (unpaired) electrons. The van der Waals surface area contributed by atoms with Gasteiger partial charge in [0.25, 0.3) is 0 Å². The second kappa shape index (κ2) is 3.01. The average Bonchev–Trinajstić information content (AvgIpc) is 2.30. The van der Waals surface area contributed by atoms with Crippen LogP contribution in [0.25, 0.3) is 0 Å². The minimum absolute atomic E-state index is 0.176. The second-order valence-electron chi connectivity index (χ2n) is 2.75. The van der Waals surface area contributed by atoms with Crippen LogP contribution in [0.4, 0.5) is 4.39 Å². The SMILES string of the molecule is CN1Cc2cc(F)c(Br)cc2S1.